The number of anilines is 1. The molecule has 1 aliphatic rings. The Hall–Kier alpha value is -2.96. The molecule has 0 aromatic heterocycles. The molecule has 29 heavy (non-hydrogen) atoms. The summed E-state index contributed by atoms with van der Waals surface area (Å²) in [4.78, 5) is 23.9. The number of carbonyl (C=O) groups excluding carboxylic acids is 2. The number of alkyl halides is 2. The minimum absolute atomic E-state index is 0.0102. The molecule has 0 saturated heterocycles. The van der Waals surface area contributed by atoms with Gasteiger partial charge in [0, 0.05) is 36.6 Å². The Bertz CT molecular complexity index is 858. The van der Waals surface area contributed by atoms with Crippen molar-refractivity contribution in [1.29, 1.82) is 0 Å². The highest BCUT2D eigenvalue weighted by atomic mass is 19.3. The van der Waals surface area contributed by atoms with E-state index in [1.54, 1.807) is 6.07 Å². The van der Waals surface area contributed by atoms with Crippen LogP contribution in [0.15, 0.2) is 48.5 Å². The first-order valence-electron chi connectivity index (χ1n) is 9.61. The van der Waals surface area contributed by atoms with Crippen LogP contribution in [0.25, 0.3) is 0 Å². The zero-order chi connectivity index (χ0) is 20.8. The van der Waals surface area contributed by atoms with E-state index in [1.165, 1.54) is 12.1 Å². The van der Waals surface area contributed by atoms with Crippen LogP contribution in [0.1, 0.15) is 30.9 Å². The second kappa shape index (κ2) is 9.49. The molecule has 1 saturated carbocycles. The molecule has 2 atom stereocenters. The number of hydrogen-bond acceptors (Lipinski definition) is 3. The molecule has 1 fully saturated rings. The lowest BCUT2D eigenvalue weighted by molar-refractivity contribution is -0.122. The number of nitrogens with one attached hydrogen (secondary N) is 2. The van der Waals surface area contributed by atoms with Gasteiger partial charge in [0.1, 0.15) is 5.75 Å². The van der Waals surface area contributed by atoms with Crippen LogP contribution >= 0.6 is 0 Å². The van der Waals surface area contributed by atoms with E-state index in [-0.39, 0.29) is 36.4 Å². The Labute approximate surface area is 168 Å². The van der Waals surface area contributed by atoms with E-state index in [9.17, 15) is 18.4 Å². The van der Waals surface area contributed by atoms with Crippen LogP contribution in [0.3, 0.4) is 0 Å². The van der Waals surface area contributed by atoms with E-state index in [0.717, 1.165) is 12.0 Å². The summed E-state index contributed by atoms with van der Waals surface area (Å²) in [6.07, 6.45) is 1.42. The number of rotatable bonds is 9. The van der Waals surface area contributed by atoms with E-state index >= 15 is 0 Å². The maximum Gasteiger partial charge on any atom is 0.387 e. The summed E-state index contributed by atoms with van der Waals surface area (Å²) >= 11 is 0. The number of carbonyl (C=O) groups is 2. The average Bonchev–Trinajstić information content (AvgIpc) is 3.41. The van der Waals surface area contributed by atoms with Crippen LogP contribution in [0.5, 0.6) is 5.75 Å². The predicted molar refractivity (Wildman–Crippen MR) is 106 cm³/mol. The van der Waals surface area contributed by atoms with Gasteiger partial charge in [0.15, 0.2) is 0 Å². The maximum absolute atomic E-state index is 12.7. The number of halogens is 2. The van der Waals surface area contributed by atoms with Crippen LogP contribution in [-0.2, 0) is 16.0 Å². The topological polar surface area (TPSA) is 67.4 Å². The van der Waals surface area contributed by atoms with Gasteiger partial charge in [0.05, 0.1) is 0 Å². The van der Waals surface area contributed by atoms with Gasteiger partial charge in [-0.1, -0.05) is 37.3 Å². The monoisotopic (exact) mass is 402 g/mol. The maximum atomic E-state index is 12.7. The summed E-state index contributed by atoms with van der Waals surface area (Å²) in [7, 11) is 0. The van der Waals surface area contributed by atoms with Crippen LogP contribution in [-0.4, -0.2) is 25.0 Å². The van der Waals surface area contributed by atoms with E-state index in [4.69, 9.17) is 0 Å². The third kappa shape index (κ3) is 6.27. The highest BCUT2D eigenvalue weighted by molar-refractivity contribution is 5.91. The fourth-order valence-electron chi connectivity index (χ4n) is 3.16. The van der Waals surface area contributed by atoms with Gasteiger partial charge in [-0.15, -0.1) is 0 Å². The SMILES string of the molecule is CC1CC1C(=O)NCCC(=O)Nc1ccc(OC(F)F)c(Cc2ccccc2)c1. The smallest absolute Gasteiger partial charge is 0.387 e. The van der Waals surface area contributed by atoms with Gasteiger partial charge in [0.25, 0.3) is 0 Å². The average molecular weight is 402 g/mol. The molecule has 0 bridgehead atoms. The molecular formula is C22H24F2N2O3. The Morgan fingerprint density at radius 3 is 2.55 bits per heavy atom. The lowest BCUT2D eigenvalue weighted by Crippen LogP contribution is -2.29. The van der Waals surface area contributed by atoms with Crippen molar-refractivity contribution in [3.8, 4) is 5.75 Å². The number of amides is 2. The Morgan fingerprint density at radius 1 is 1.17 bits per heavy atom. The Kier molecular flexibility index (Phi) is 6.80. The molecule has 2 aromatic rings. The molecule has 2 unspecified atom stereocenters. The molecule has 3 rings (SSSR count). The van der Waals surface area contributed by atoms with Crippen molar-refractivity contribution in [1.82, 2.24) is 5.32 Å². The van der Waals surface area contributed by atoms with Crippen molar-refractivity contribution in [2.45, 2.75) is 32.8 Å². The fraction of sp³-hybridized carbons (Fsp3) is 0.364. The van der Waals surface area contributed by atoms with Gasteiger partial charge in [-0.2, -0.15) is 8.78 Å². The van der Waals surface area contributed by atoms with Crippen LogP contribution in [0.2, 0.25) is 0 Å². The Balaban J connectivity index is 1.60. The minimum Gasteiger partial charge on any atom is -0.435 e. The molecule has 154 valence electrons. The van der Waals surface area contributed by atoms with Crippen molar-refractivity contribution in [3.63, 3.8) is 0 Å². The lowest BCUT2D eigenvalue weighted by atomic mass is 10.0. The van der Waals surface area contributed by atoms with Gasteiger partial charge in [-0.25, -0.2) is 0 Å². The molecule has 2 N–H and O–H groups in total. The van der Waals surface area contributed by atoms with Crippen molar-refractivity contribution >= 4 is 17.5 Å². The highest BCUT2D eigenvalue weighted by Gasteiger charge is 2.38. The Morgan fingerprint density at radius 2 is 1.90 bits per heavy atom. The predicted octanol–water partition coefficient (Wildman–Crippen LogP) is 3.98. The molecule has 0 aliphatic heterocycles. The van der Waals surface area contributed by atoms with Crippen LogP contribution in [0.4, 0.5) is 14.5 Å². The molecular weight excluding hydrogens is 378 g/mol. The molecule has 2 aromatic carbocycles. The first-order valence-corrected chi connectivity index (χ1v) is 9.61. The van der Waals surface area contributed by atoms with E-state index in [2.05, 4.69) is 15.4 Å². The summed E-state index contributed by atoms with van der Waals surface area (Å²) < 4.78 is 30.0. The van der Waals surface area contributed by atoms with Crippen molar-refractivity contribution in [3.05, 3.63) is 59.7 Å². The van der Waals surface area contributed by atoms with Crippen molar-refractivity contribution in [2.75, 3.05) is 11.9 Å². The number of ether oxygens (including phenoxy) is 1. The summed E-state index contributed by atoms with van der Waals surface area (Å²) in [6, 6.07) is 14.0. The third-order valence-corrected chi connectivity index (χ3v) is 4.90. The summed E-state index contributed by atoms with van der Waals surface area (Å²) in [5, 5.41) is 5.51. The van der Waals surface area contributed by atoms with Gasteiger partial charge in [0.2, 0.25) is 11.8 Å². The van der Waals surface area contributed by atoms with Crippen LogP contribution in [0, 0.1) is 11.8 Å². The highest BCUT2D eigenvalue weighted by Crippen LogP contribution is 2.37. The molecule has 1 aliphatic carbocycles. The summed E-state index contributed by atoms with van der Waals surface area (Å²) in [5.74, 6) is 0.292. The second-order valence-electron chi connectivity index (χ2n) is 7.27. The van der Waals surface area contributed by atoms with E-state index < -0.39 is 6.61 Å². The molecule has 0 radical (unpaired) electrons. The first-order chi connectivity index (χ1) is 13.9. The third-order valence-electron chi connectivity index (χ3n) is 4.90. The summed E-state index contributed by atoms with van der Waals surface area (Å²) in [6.45, 7) is -0.648. The largest absolute Gasteiger partial charge is 0.435 e. The van der Waals surface area contributed by atoms with Crippen LogP contribution < -0.4 is 15.4 Å². The van der Waals surface area contributed by atoms with Gasteiger partial charge < -0.3 is 15.4 Å². The number of hydrogen-bond donors (Lipinski definition) is 2. The lowest BCUT2D eigenvalue weighted by Gasteiger charge is -2.14. The number of benzene rings is 2. The first kappa shape index (κ1) is 20.8. The molecule has 0 spiro atoms. The second-order valence-corrected chi connectivity index (χ2v) is 7.27. The zero-order valence-electron chi connectivity index (χ0n) is 16.2. The van der Waals surface area contributed by atoms with Gasteiger partial charge >= 0.3 is 6.61 Å². The van der Waals surface area contributed by atoms with Gasteiger partial charge in [-0.05, 0) is 36.1 Å². The van der Waals surface area contributed by atoms with Gasteiger partial charge in [-0.3, -0.25) is 9.59 Å². The molecule has 5 nitrogen and oxygen atoms in total. The molecule has 0 heterocycles. The fourth-order valence-corrected chi connectivity index (χ4v) is 3.16. The molecule has 2 amide bonds. The van der Waals surface area contributed by atoms with E-state index in [1.807, 2.05) is 37.3 Å². The molecule has 7 heteroatoms. The minimum atomic E-state index is -2.93. The van der Waals surface area contributed by atoms with Crippen molar-refractivity contribution in [2.24, 2.45) is 11.8 Å². The zero-order valence-corrected chi connectivity index (χ0v) is 16.2. The van der Waals surface area contributed by atoms with E-state index in [0.29, 0.717) is 23.6 Å². The van der Waals surface area contributed by atoms with Crippen molar-refractivity contribution < 1.29 is 23.1 Å². The standard InChI is InChI=1S/C22H24F2N2O3/c1-14-11-18(14)21(28)25-10-9-20(27)26-17-7-8-19(29-22(23)24)16(13-17)12-15-5-3-2-4-6-15/h2-8,13-14,18,22H,9-12H2,1H3,(H,25,28)(H,26,27). The normalized spacial score (nSPS) is 17.7. The quantitative estimate of drug-likeness (QED) is 0.667. The summed E-state index contributed by atoms with van der Waals surface area (Å²) in [5.41, 5.74) is 1.97.